The zero-order chi connectivity index (χ0) is 14.7. The van der Waals surface area contributed by atoms with Crippen molar-refractivity contribution in [1.29, 1.82) is 0 Å². The molecule has 0 saturated heterocycles. The second-order valence-electron chi connectivity index (χ2n) is 6.46. The van der Waals surface area contributed by atoms with Gasteiger partial charge in [0.1, 0.15) is 0 Å². The fourth-order valence-corrected chi connectivity index (χ4v) is 2.08. The Morgan fingerprint density at radius 3 is 2.11 bits per heavy atom. The zero-order valence-electron chi connectivity index (χ0n) is 13.1. The van der Waals surface area contributed by atoms with Gasteiger partial charge in [0.2, 0.25) is 0 Å². The maximum atomic E-state index is 10.6. The van der Waals surface area contributed by atoms with Gasteiger partial charge in [0.05, 0.1) is 0 Å². The third-order valence-electron chi connectivity index (χ3n) is 4.48. The monoisotopic (exact) mass is 260 g/mol. The fourth-order valence-electron chi connectivity index (χ4n) is 2.08. The fraction of sp³-hybridized carbons (Fsp3) is 0.588. The van der Waals surface area contributed by atoms with Crippen LogP contribution in [0.4, 0.5) is 5.69 Å². The summed E-state index contributed by atoms with van der Waals surface area (Å²) in [7, 11) is 0. The molecule has 1 rings (SSSR count). The molecule has 1 aromatic rings. The molecule has 2 nitrogen and oxygen atoms in total. The van der Waals surface area contributed by atoms with Crippen LogP contribution in [0.2, 0.25) is 0 Å². The predicted molar refractivity (Wildman–Crippen MR) is 82.4 cm³/mol. The Kier molecular flexibility index (Phi) is 4.78. The van der Waals surface area contributed by atoms with Gasteiger partial charge in [-0.2, -0.15) is 0 Å². The number of hydrogen-bond donors (Lipinski definition) is 1. The summed E-state index contributed by atoms with van der Waals surface area (Å²) in [5.74, 6) is 0. The molecule has 0 unspecified atom stereocenters. The van der Waals surface area contributed by atoms with Crippen LogP contribution in [0.5, 0.6) is 0 Å². The van der Waals surface area contributed by atoms with E-state index in [2.05, 4.69) is 59.0 Å². The highest BCUT2D eigenvalue weighted by Gasteiger charge is 2.25. The average molecular weight is 260 g/mol. The molecule has 0 aliphatic carbocycles. The van der Waals surface area contributed by atoms with Crippen molar-refractivity contribution in [1.82, 2.24) is 0 Å². The lowest BCUT2D eigenvalue weighted by Crippen LogP contribution is -2.21. The summed E-state index contributed by atoms with van der Waals surface area (Å²) in [6.45, 7) is 13.3. The van der Waals surface area contributed by atoms with Crippen LogP contribution < -0.4 is 5.32 Å². The Labute approximate surface area is 117 Å². The SMILES string of the molecule is CCC(C)(C)c1ccc(N[C]=O)c(C(C)(C)CC)c1. The van der Waals surface area contributed by atoms with Gasteiger partial charge >= 0.3 is 6.41 Å². The van der Waals surface area contributed by atoms with Crippen LogP contribution in [0.25, 0.3) is 0 Å². The molecular weight excluding hydrogens is 234 g/mol. The van der Waals surface area contributed by atoms with Crippen LogP contribution in [0.15, 0.2) is 18.2 Å². The molecule has 19 heavy (non-hydrogen) atoms. The molecule has 0 saturated carbocycles. The van der Waals surface area contributed by atoms with E-state index in [0.717, 1.165) is 18.5 Å². The summed E-state index contributed by atoms with van der Waals surface area (Å²) in [5, 5.41) is 2.71. The molecule has 105 valence electrons. The van der Waals surface area contributed by atoms with Crippen molar-refractivity contribution in [2.75, 3.05) is 5.32 Å². The van der Waals surface area contributed by atoms with Gasteiger partial charge in [-0.1, -0.05) is 53.7 Å². The number of nitrogens with one attached hydrogen (secondary N) is 1. The molecule has 0 fully saturated rings. The van der Waals surface area contributed by atoms with Crippen molar-refractivity contribution in [3.8, 4) is 0 Å². The Bertz CT molecular complexity index is 447. The first-order valence-electron chi connectivity index (χ1n) is 7.06. The summed E-state index contributed by atoms with van der Waals surface area (Å²) in [4.78, 5) is 10.6. The molecule has 1 aromatic carbocycles. The van der Waals surface area contributed by atoms with Crippen molar-refractivity contribution in [3.63, 3.8) is 0 Å². The van der Waals surface area contributed by atoms with E-state index in [4.69, 9.17) is 0 Å². The number of amides is 1. The minimum atomic E-state index is 0.0407. The van der Waals surface area contributed by atoms with Crippen molar-refractivity contribution in [3.05, 3.63) is 29.3 Å². The molecule has 0 heterocycles. The second-order valence-corrected chi connectivity index (χ2v) is 6.46. The molecule has 0 bridgehead atoms. The summed E-state index contributed by atoms with van der Waals surface area (Å²) in [5.41, 5.74) is 3.58. The van der Waals surface area contributed by atoms with E-state index >= 15 is 0 Å². The third-order valence-corrected chi connectivity index (χ3v) is 4.48. The summed E-state index contributed by atoms with van der Waals surface area (Å²) in [6, 6.07) is 6.36. The van der Waals surface area contributed by atoms with Crippen molar-refractivity contribution in [2.24, 2.45) is 0 Å². The molecule has 1 N–H and O–H groups in total. The second kappa shape index (κ2) is 5.77. The standard InChI is InChI=1S/C17H26NO/c1-7-16(3,4)13-9-10-15(18-12-19)14(11-13)17(5,6)8-2/h9-11H,7-8H2,1-6H3,(H,18,19). The van der Waals surface area contributed by atoms with Crippen LogP contribution in [-0.2, 0) is 15.6 Å². The third kappa shape index (κ3) is 3.37. The van der Waals surface area contributed by atoms with Crippen LogP contribution in [0.3, 0.4) is 0 Å². The summed E-state index contributed by atoms with van der Waals surface area (Å²) < 4.78 is 0. The molecule has 0 aliphatic heterocycles. The van der Waals surface area contributed by atoms with Crippen molar-refractivity contribution in [2.45, 2.75) is 65.2 Å². The van der Waals surface area contributed by atoms with Gasteiger partial charge in [0.25, 0.3) is 0 Å². The van der Waals surface area contributed by atoms with E-state index in [1.165, 1.54) is 11.1 Å². The molecule has 2 heteroatoms. The summed E-state index contributed by atoms with van der Waals surface area (Å²) >= 11 is 0. The molecule has 0 aliphatic rings. The normalized spacial score (nSPS) is 12.3. The van der Waals surface area contributed by atoms with E-state index in [-0.39, 0.29) is 10.8 Å². The largest absolute Gasteiger partial charge is 0.317 e. The molecule has 0 atom stereocenters. The smallest absolute Gasteiger partial charge is 0.314 e. The zero-order valence-corrected chi connectivity index (χ0v) is 13.1. The van der Waals surface area contributed by atoms with Gasteiger partial charge in [-0.25, -0.2) is 0 Å². The quantitative estimate of drug-likeness (QED) is 0.747. The molecule has 0 spiro atoms. The number of carbonyl (C=O) groups excluding carboxylic acids is 1. The van der Waals surface area contributed by atoms with Crippen molar-refractivity contribution < 1.29 is 4.79 Å². The minimum absolute atomic E-state index is 0.0407. The van der Waals surface area contributed by atoms with Gasteiger partial charge in [-0.15, -0.1) is 0 Å². The Hall–Kier alpha value is -1.31. The molecule has 1 radical (unpaired) electrons. The first-order chi connectivity index (χ1) is 8.78. The lowest BCUT2D eigenvalue weighted by atomic mass is 9.76. The van der Waals surface area contributed by atoms with Crippen LogP contribution in [0, 0.1) is 0 Å². The van der Waals surface area contributed by atoms with E-state index in [1.54, 1.807) is 6.41 Å². The highest BCUT2D eigenvalue weighted by Crippen LogP contribution is 2.37. The van der Waals surface area contributed by atoms with E-state index in [1.807, 2.05) is 6.07 Å². The van der Waals surface area contributed by atoms with E-state index in [9.17, 15) is 4.79 Å². The highest BCUT2D eigenvalue weighted by molar-refractivity contribution is 5.75. The number of benzene rings is 1. The van der Waals surface area contributed by atoms with Crippen LogP contribution in [0.1, 0.15) is 65.5 Å². The maximum absolute atomic E-state index is 10.6. The van der Waals surface area contributed by atoms with Crippen LogP contribution >= 0.6 is 0 Å². The highest BCUT2D eigenvalue weighted by atomic mass is 16.1. The number of hydrogen-bond acceptors (Lipinski definition) is 1. The van der Waals surface area contributed by atoms with Gasteiger partial charge in [0.15, 0.2) is 0 Å². The van der Waals surface area contributed by atoms with E-state index < -0.39 is 0 Å². The number of rotatable bonds is 6. The molecule has 0 aromatic heterocycles. The predicted octanol–water partition coefficient (Wildman–Crippen LogP) is 4.54. The lowest BCUT2D eigenvalue weighted by molar-refractivity contribution is 0.490. The lowest BCUT2D eigenvalue weighted by Gasteiger charge is -2.30. The molecular formula is C17H26NO. The van der Waals surface area contributed by atoms with Gasteiger partial charge in [-0.05, 0) is 40.9 Å². The van der Waals surface area contributed by atoms with Gasteiger partial charge in [-0.3, -0.25) is 4.79 Å². The van der Waals surface area contributed by atoms with Gasteiger partial charge in [0, 0.05) is 5.69 Å². The first kappa shape index (κ1) is 15.7. The first-order valence-corrected chi connectivity index (χ1v) is 7.06. The van der Waals surface area contributed by atoms with E-state index in [0.29, 0.717) is 0 Å². The van der Waals surface area contributed by atoms with Crippen LogP contribution in [-0.4, -0.2) is 6.41 Å². The number of anilines is 1. The molecule has 1 amide bonds. The van der Waals surface area contributed by atoms with Gasteiger partial charge < -0.3 is 5.32 Å². The topological polar surface area (TPSA) is 29.1 Å². The average Bonchev–Trinajstić information content (AvgIpc) is 2.39. The minimum Gasteiger partial charge on any atom is -0.317 e. The van der Waals surface area contributed by atoms with Crippen molar-refractivity contribution >= 4 is 12.1 Å². The Balaban J connectivity index is 3.38. The summed E-state index contributed by atoms with van der Waals surface area (Å²) in [6.07, 6.45) is 3.91. The maximum Gasteiger partial charge on any atom is 0.314 e. The Morgan fingerprint density at radius 1 is 1.05 bits per heavy atom. The Morgan fingerprint density at radius 2 is 1.63 bits per heavy atom.